The van der Waals surface area contributed by atoms with Crippen LogP contribution < -0.4 is 11.1 Å². The van der Waals surface area contributed by atoms with Crippen LogP contribution in [0.25, 0.3) is 22.2 Å². The zero-order valence-corrected chi connectivity index (χ0v) is 17.7. The van der Waals surface area contributed by atoms with Gasteiger partial charge in [-0.05, 0) is 40.8 Å². The van der Waals surface area contributed by atoms with Crippen molar-refractivity contribution < 1.29 is 9.53 Å². The second-order valence-electron chi connectivity index (χ2n) is 7.44. The lowest BCUT2D eigenvalue weighted by Crippen LogP contribution is -2.27. The number of thioether (sulfide) groups is 1. The number of nitrogens with two attached hydrogens (primary N) is 1. The van der Waals surface area contributed by atoms with Crippen LogP contribution in [-0.4, -0.2) is 33.2 Å². The van der Waals surface area contributed by atoms with E-state index in [1.54, 1.807) is 0 Å². The van der Waals surface area contributed by atoms with Gasteiger partial charge in [-0.1, -0.05) is 41.6 Å². The van der Waals surface area contributed by atoms with Crippen molar-refractivity contribution in [3.63, 3.8) is 0 Å². The summed E-state index contributed by atoms with van der Waals surface area (Å²) in [5, 5.41) is 6.13. The summed E-state index contributed by atoms with van der Waals surface area (Å²) in [4.78, 5) is 25.0. The van der Waals surface area contributed by atoms with Crippen molar-refractivity contribution in [2.24, 2.45) is 5.92 Å². The van der Waals surface area contributed by atoms with Crippen LogP contribution in [0.2, 0.25) is 5.02 Å². The normalized spacial score (nSPS) is 15.4. The maximum Gasteiger partial charge on any atom is 0.224 e. The Labute approximate surface area is 182 Å². The Morgan fingerprint density at radius 3 is 2.90 bits per heavy atom. The van der Waals surface area contributed by atoms with E-state index in [9.17, 15) is 4.79 Å². The quantitative estimate of drug-likeness (QED) is 0.445. The van der Waals surface area contributed by atoms with Gasteiger partial charge < -0.3 is 15.8 Å². The Morgan fingerprint density at radius 2 is 2.07 bits per heavy atom. The minimum atomic E-state index is 0.131. The SMILES string of the molecule is Nc1nc(SCCNC(=O)C2CC2)nc(-c2c(Cl)cc3c4c(cccc24)COC3)n1. The summed E-state index contributed by atoms with van der Waals surface area (Å²) in [7, 11) is 0. The third kappa shape index (κ3) is 3.82. The van der Waals surface area contributed by atoms with Gasteiger partial charge in [0.2, 0.25) is 11.9 Å². The first-order valence-electron chi connectivity index (χ1n) is 9.83. The third-order valence-electron chi connectivity index (χ3n) is 5.23. The van der Waals surface area contributed by atoms with Gasteiger partial charge in [-0.3, -0.25) is 4.79 Å². The average Bonchev–Trinajstić information content (AvgIpc) is 3.56. The Kier molecular flexibility index (Phi) is 5.22. The number of anilines is 1. The van der Waals surface area contributed by atoms with Gasteiger partial charge >= 0.3 is 0 Å². The highest BCUT2D eigenvalue weighted by Gasteiger charge is 2.29. The van der Waals surface area contributed by atoms with E-state index >= 15 is 0 Å². The van der Waals surface area contributed by atoms with Crippen molar-refractivity contribution in [3.8, 4) is 11.4 Å². The van der Waals surface area contributed by atoms with E-state index in [0.717, 1.165) is 40.3 Å². The number of aromatic nitrogens is 3. The molecule has 7 nitrogen and oxygen atoms in total. The number of benzene rings is 2. The van der Waals surface area contributed by atoms with E-state index < -0.39 is 0 Å². The van der Waals surface area contributed by atoms with Gasteiger partial charge in [0.1, 0.15) is 0 Å². The molecule has 3 aromatic rings. The molecule has 30 heavy (non-hydrogen) atoms. The highest BCUT2D eigenvalue weighted by Crippen LogP contribution is 2.39. The molecule has 9 heteroatoms. The van der Waals surface area contributed by atoms with Crippen molar-refractivity contribution in [2.45, 2.75) is 31.2 Å². The molecule has 0 bridgehead atoms. The maximum atomic E-state index is 11.8. The topological polar surface area (TPSA) is 103 Å². The van der Waals surface area contributed by atoms with E-state index in [0.29, 0.717) is 41.5 Å². The fraction of sp³-hybridized carbons (Fsp3) is 0.333. The number of hydrogen-bond donors (Lipinski definition) is 2. The molecule has 0 radical (unpaired) electrons. The van der Waals surface area contributed by atoms with Crippen LogP contribution in [0.5, 0.6) is 0 Å². The third-order valence-corrected chi connectivity index (χ3v) is 6.38. The molecule has 154 valence electrons. The zero-order valence-electron chi connectivity index (χ0n) is 16.2. The Morgan fingerprint density at radius 1 is 1.23 bits per heavy atom. The number of carbonyl (C=O) groups is 1. The summed E-state index contributed by atoms with van der Waals surface area (Å²) in [6, 6.07) is 7.98. The number of halogens is 1. The van der Waals surface area contributed by atoms with Crippen LogP contribution in [0.15, 0.2) is 29.4 Å². The maximum absolute atomic E-state index is 11.8. The predicted molar refractivity (Wildman–Crippen MR) is 117 cm³/mol. The summed E-state index contributed by atoms with van der Waals surface area (Å²) in [5.74, 6) is 1.58. The summed E-state index contributed by atoms with van der Waals surface area (Å²) in [5.41, 5.74) is 8.91. The fourth-order valence-corrected chi connectivity index (χ4v) is 4.71. The molecular weight excluding hydrogens is 422 g/mol. The minimum absolute atomic E-state index is 0.131. The van der Waals surface area contributed by atoms with E-state index in [4.69, 9.17) is 22.1 Å². The van der Waals surface area contributed by atoms with Gasteiger partial charge in [0.05, 0.1) is 18.2 Å². The molecule has 1 saturated carbocycles. The number of rotatable bonds is 6. The van der Waals surface area contributed by atoms with Gasteiger partial charge in [0, 0.05) is 23.8 Å². The highest BCUT2D eigenvalue weighted by molar-refractivity contribution is 7.99. The minimum Gasteiger partial charge on any atom is -0.372 e. The number of hydrogen-bond acceptors (Lipinski definition) is 7. The van der Waals surface area contributed by atoms with Crippen molar-refractivity contribution in [2.75, 3.05) is 18.0 Å². The first-order valence-corrected chi connectivity index (χ1v) is 11.2. The lowest BCUT2D eigenvalue weighted by Gasteiger charge is -2.20. The summed E-state index contributed by atoms with van der Waals surface area (Å²) in [6.45, 7) is 1.65. The number of nitrogen functional groups attached to an aromatic ring is 1. The second kappa shape index (κ2) is 8.02. The molecule has 1 fully saturated rings. The Balaban J connectivity index is 1.44. The number of nitrogens with zero attached hydrogens (tertiary/aromatic N) is 3. The van der Waals surface area contributed by atoms with Crippen molar-refractivity contribution in [3.05, 3.63) is 40.4 Å². The molecule has 1 aliphatic heterocycles. The Bertz CT molecular complexity index is 1150. The second-order valence-corrected chi connectivity index (χ2v) is 8.91. The first-order chi connectivity index (χ1) is 14.6. The molecule has 2 heterocycles. The molecule has 0 spiro atoms. The fourth-order valence-electron chi connectivity index (χ4n) is 3.70. The van der Waals surface area contributed by atoms with E-state index in [1.807, 2.05) is 18.2 Å². The van der Waals surface area contributed by atoms with E-state index in [-0.39, 0.29) is 17.8 Å². The van der Waals surface area contributed by atoms with Crippen LogP contribution >= 0.6 is 23.4 Å². The van der Waals surface area contributed by atoms with Crippen LogP contribution in [0.3, 0.4) is 0 Å². The van der Waals surface area contributed by atoms with Gasteiger partial charge in [0.15, 0.2) is 11.0 Å². The van der Waals surface area contributed by atoms with Crippen molar-refractivity contribution in [1.29, 1.82) is 0 Å². The van der Waals surface area contributed by atoms with E-state index in [2.05, 4.69) is 26.3 Å². The van der Waals surface area contributed by atoms with E-state index in [1.165, 1.54) is 11.8 Å². The number of carbonyl (C=O) groups excluding carboxylic acids is 1. The molecular formula is C21H20ClN5O2S. The van der Waals surface area contributed by atoms with Gasteiger partial charge in [-0.2, -0.15) is 9.97 Å². The molecule has 5 rings (SSSR count). The van der Waals surface area contributed by atoms with Gasteiger partial charge in [-0.15, -0.1) is 0 Å². The summed E-state index contributed by atoms with van der Waals surface area (Å²) >= 11 is 8.08. The lowest BCUT2D eigenvalue weighted by atomic mass is 9.94. The molecule has 2 aliphatic rings. The summed E-state index contributed by atoms with van der Waals surface area (Å²) < 4.78 is 5.66. The van der Waals surface area contributed by atoms with Gasteiger partial charge in [0.25, 0.3) is 0 Å². The number of ether oxygens (including phenoxy) is 1. The molecule has 1 amide bonds. The van der Waals surface area contributed by atoms with Crippen molar-refractivity contribution >= 4 is 46.0 Å². The summed E-state index contributed by atoms with van der Waals surface area (Å²) in [6.07, 6.45) is 1.99. The first kappa shape index (κ1) is 19.5. The number of amides is 1. The van der Waals surface area contributed by atoms with Crippen LogP contribution in [0, 0.1) is 5.92 Å². The van der Waals surface area contributed by atoms with Crippen molar-refractivity contribution in [1.82, 2.24) is 20.3 Å². The molecule has 0 unspecified atom stereocenters. The highest BCUT2D eigenvalue weighted by atomic mass is 35.5. The lowest BCUT2D eigenvalue weighted by molar-refractivity contribution is -0.122. The molecule has 1 aromatic heterocycles. The molecule has 3 N–H and O–H groups in total. The zero-order chi connectivity index (χ0) is 20.7. The molecule has 1 aliphatic carbocycles. The smallest absolute Gasteiger partial charge is 0.224 e. The predicted octanol–water partition coefficient (Wildman–Crippen LogP) is 3.58. The molecule has 0 atom stereocenters. The van der Waals surface area contributed by atoms with Crippen LogP contribution in [0.4, 0.5) is 5.95 Å². The molecule has 2 aromatic carbocycles. The average molecular weight is 442 g/mol. The monoisotopic (exact) mass is 441 g/mol. The van der Waals surface area contributed by atoms with Crippen LogP contribution in [0.1, 0.15) is 24.0 Å². The Hall–Kier alpha value is -2.42. The van der Waals surface area contributed by atoms with Gasteiger partial charge in [-0.25, -0.2) is 4.98 Å². The standard InChI is InChI=1S/C21H20ClN5O2S/c22-15-8-13-10-29-9-12-2-1-3-14(16(12)13)17(15)18-25-20(23)27-21(26-18)30-7-6-24-19(28)11-4-5-11/h1-3,8,11H,4-7,9-10H2,(H,24,28)(H2,23,25,26,27). The largest absolute Gasteiger partial charge is 0.372 e. The van der Waals surface area contributed by atoms with Crippen LogP contribution in [-0.2, 0) is 22.7 Å². The number of nitrogens with one attached hydrogen (secondary N) is 1. The molecule has 0 saturated heterocycles.